The summed E-state index contributed by atoms with van der Waals surface area (Å²) in [6, 6.07) is 8.32. The molecule has 0 spiro atoms. The van der Waals surface area contributed by atoms with Crippen molar-refractivity contribution in [3.05, 3.63) is 29.8 Å². The maximum absolute atomic E-state index is 11.7. The maximum atomic E-state index is 11.7. The molecule has 2 rings (SSSR count). The monoisotopic (exact) mass is 233 g/mol. The summed E-state index contributed by atoms with van der Waals surface area (Å²) in [5.74, 6) is 0.352. The van der Waals surface area contributed by atoms with Crippen LogP contribution in [0.25, 0.3) is 0 Å². The van der Waals surface area contributed by atoms with E-state index in [1.165, 1.54) is 5.56 Å². The van der Waals surface area contributed by atoms with Crippen molar-refractivity contribution in [1.29, 1.82) is 0 Å². The van der Waals surface area contributed by atoms with Gasteiger partial charge in [0.1, 0.15) is 5.78 Å². The van der Waals surface area contributed by atoms with Crippen molar-refractivity contribution in [2.45, 2.75) is 13.3 Å². The number of carbonyl (C=O) groups excluding carboxylic acids is 1. The minimum atomic E-state index is 0.0225. The smallest absolute Gasteiger partial charge is 0.142 e. The second kappa shape index (κ2) is 5.32. The summed E-state index contributed by atoms with van der Waals surface area (Å²) in [6.45, 7) is 3.97. The molecule has 1 unspecified atom stereocenters. The molecule has 3 nitrogen and oxygen atoms in total. The molecule has 1 fully saturated rings. The fourth-order valence-electron chi connectivity index (χ4n) is 2.15. The van der Waals surface area contributed by atoms with Crippen molar-refractivity contribution in [3.8, 4) is 0 Å². The Bertz CT molecular complexity index is 403. The number of hydrogen-bond acceptors (Lipinski definition) is 3. The van der Waals surface area contributed by atoms with Crippen LogP contribution in [0.15, 0.2) is 24.3 Å². The highest BCUT2D eigenvalue weighted by Crippen LogP contribution is 2.18. The van der Waals surface area contributed by atoms with Crippen molar-refractivity contribution >= 4 is 11.5 Å². The van der Waals surface area contributed by atoms with E-state index in [4.69, 9.17) is 4.74 Å². The van der Waals surface area contributed by atoms with Crippen LogP contribution in [-0.2, 0) is 9.53 Å². The van der Waals surface area contributed by atoms with Crippen LogP contribution < -0.4 is 4.90 Å². The molecule has 1 saturated heterocycles. The lowest BCUT2D eigenvalue weighted by Crippen LogP contribution is -2.36. The number of aryl methyl sites for hydroxylation is 1. The molecule has 1 heterocycles. The molecular weight excluding hydrogens is 214 g/mol. The third-order valence-corrected chi connectivity index (χ3v) is 3.20. The van der Waals surface area contributed by atoms with E-state index in [-0.39, 0.29) is 5.92 Å². The quantitative estimate of drug-likeness (QED) is 0.800. The van der Waals surface area contributed by atoms with E-state index in [0.717, 1.165) is 12.2 Å². The molecule has 0 radical (unpaired) electrons. The number of Topliss-reactive ketones (excluding diaryl/α,β-unsaturated/α-hetero) is 1. The fourth-order valence-corrected chi connectivity index (χ4v) is 2.15. The zero-order chi connectivity index (χ0) is 12.3. The zero-order valence-corrected chi connectivity index (χ0v) is 10.5. The van der Waals surface area contributed by atoms with Crippen LogP contribution in [0.3, 0.4) is 0 Å². The highest BCUT2D eigenvalue weighted by molar-refractivity contribution is 5.82. The lowest BCUT2D eigenvalue weighted by Gasteiger charge is -2.27. The first-order valence-electron chi connectivity index (χ1n) is 6.05. The number of ketones is 1. The number of carbonyl (C=O) groups is 1. The Labute approximate surface area is 102 Å². The summed E-state index contributed by atoms with van der Waals surface area (Å²) >= 11 is 0. The van der Waals surface area contributed by atoms with E-state index < -0.39 is 0 Å². The normalized spacial score (nSPS) is 20.4. The van der Waals surface area contributed by atoms with Crippen LogP contribution in [0, 0.1) is 12.8 Å². The zero-order valence-electron chi connectivity index (χ0n) is 10.5. The second-order valence-corrected chi connectivity index (χ2v) is 4.71. The van der Waals surface area contributed by atoms with Gasteiger partial charge in [-0.15, -0.1) is 0 Å². The standard InChI is InChI=1S/C14H19NO2/c1-11-4-3-5-13(8-11)15(2)9-12-10-17-7-6-14(12)16/h3-5,8,12H,6-7,9-10H2,1-2H3. The van der Waals surface area contributed by atoms with Crippen molar-refractivity contribution in [2.24, 2.45) is 5.92 Å². The Morgan fingerprint density at radius 2 is 2.29 bits per heavy atom. The molecule has 0 bridgehead atoms. The van der Waals surface area contributed by atoms with Gasteiger partial charge in [0.15, 0.2) is 0 Å². The first-order chi connectivity index (χ1) is 8.16. The van der Waals surface area contributed by atoms with Crippen LogP contribution in [0.2, 0.25) is 0 Å². The molecule has 0 N–H and O–H groups in total. The molecule has 1 aromatic carbocycles. The first kappa shape index (κ1) is 12.1. The summed E-state index contributed by atoms with van der Waals surface area (Å²) in [4.78, 5) is 13.9. The largest absolute Gasteiger partial charge is 0.380 e. The van der Waals surface area contributed by atoms with Gasteiger partial charge in [0, 0.05) is 25.7 Å². The molecule has 0 amide bonds. The minimum Gasteiger partial charge on any atom is -0.380 e. The van der Waals surface area contributed by atoms with Gasteiger partial charge >= 0.3 is 0 Å². The van der Waals surface area contributed by atoms with E-state index in [0.29, 0.717) is 25.4 Å². The van der Waals surface area contributed by atoms with Gasteiger partial charge in [-0.2, -0.15) is 0 Å². The van der Waals surface area contributed by atoms with Crippen LogP contribution in [0.4, 0.5) is 5.69 Å². The Kier molecular flexibility index (Phi) is 3.79. The lowest BCUT2D eigenvalue weighted by atomic mass is 10.00. The van der Waals surface area contributed by atoms with Gasteiger partial charge < -0.3 is 9.64 Å². The third kappa shape index (κ3) is 3.07. The predicted molar refractivity (Wildman–Crippen MR) is 68.4 cm³/mol. The molecule has 0 saturated carbocycles. The van der Waals surface area contributed by atoms with Gasteiger partial charge in [0.25, 0.3) is 0 Å². The Balaban J connectivity index is 2.00. The summed E-state index contributed by atoms with van der Waals surface area (Å²) in [5.41, 5.74) is 2.39. The van der Waals surface area contributed by atoms with Gasteiger partial charge in [-0.25, -0.2) is 0 Å². The average molecular weight is 233 g/mol. The number of hydrogen-bond donors (Lipinski definition) is 0. The Morgan fingerprint density at radius 3 is 3.00 bits per heavy atom. The lowest BCUT2D eigenvalue weighted by molar-refractivity contribution is -0.129. The minimum absolute atomic E-state index is 0.0225. The van der Waals surface area contributed by atoms with Crippen molar-refractivity contribution in [1.82, 2.24) is 0 Å². The topological polar surface area (TPSA) is 29.5 Å². The van der Waals surface area contributed by atoms with Crippen LogP contribution in [0.1, 0.15) is 12.0 Å². The second-order valence-electron chi connectivity index (χ2n) is 4.71. The fraction of sp³-hybridized carbons (Fsp3) is 0.500. The summed E-state index contributed by atoms with van der Waals surface area (Å²) in [7, 11) is 2.02. The summed E-state index contributed by atoms with van der Waals surface area (Å²) in [6.07, 6.45) is 0.562. The van der Waals surface area contributed by atoms with Crippen molar-refractivity contribution in [2.75, 3.05) is 31.7 Å². The molecular formula is C14H19NO2. The number of benzene rings is 1. The molecule has 92 valence electrons. The maximum Gasteiger partial charge on any atom is 0.142 e. The van der Waals surface area contributed by atoms with Gasteiger partial charge in [-0.05, 0) is 24.6 Å². The molecule has 1 atom stereocenters. The number of nitrogens with zero attached hydrogens (tertiary/aromatic N) is 1. The molecule has 0 aliphatic carbocycles. The molecule has 1 aromatic rings. The van der Waals surface area contributed by atoms with E-state index >= 15 is 0 Å². The van der Waals surface area contributed by atoms with E-state index in [2.05, 4.69) is 30.0 Å². The van der Waals surface area contributed by atoms with Gasteiger partial charge in [-0.3, -0.25) is 4.79 Å². The summed E-state index contributed by atoms with van der Waals surface area (Å²) < 4.78 is 5.37. The molecule has 0 aromatic heterocycles. The highest BCUT2D eigenvalue weighted by Gasteiger charge is 2.24. The Hall–Kier alpha value is -1.35. The van der Waals surface area contributed by atoms with Gasteiger partial charge in [0.2, 0.25) is 0 Å². The molecule has 1 aliphatic rings. The predicted octanol–water partition coefficient (Wildman–Crippen LogP) is 2.04. The average Bonchev–Trinajstić information content (AvgIpc) is 2.32. The molecule has 1 aliphatic heterocycles. The third-order valence-electron chi connectivity index (χ3n) is 3.20. The van der Waals surface area contributed by atoms with Crippen LogP contribution in [0.5, 0.6) is 0 Å². The van der Waals surface area contributed by atoms with Crippen LogP contribution in [-0.4, -0.2) is 32.6 Å². The van der Waals surface area contributed by atoms with Crippen LogP contribution >= 0.6 is 0 Å². The Morgan fingerprint density at radius 1 is 1.47 bits per heavy atom. The molecule has 17 heavy (non-hydrogen) atoms. The van der Waals surface area contributed by atoms with Crippen molar-refractivity contribution < 1.29 is 9.53 Å². The first-order valence-corrected chi connectivity index (χ1v) is 6.05. The number of anilines is 1. The SMILES string of the molecule is Cc1cccc(N(C)CC2COCCC2=O)c1. The van der Waals surface area contributed by atoms with E-state index in [1.807, 2.05) is 13.1 Å². The number of rotatable bonds is 3. The number of ether oxygens (including phenoxy) is 1. The van der Waals surface area contributed by atoms with Gasteiger partial charge in [-0.1, -0.05) is 12.1 Å². The summed E-state index contributed by atoms with van der Waals surface area (Å²) in [5, 5.41) is 0. The molecule has 3 heteroatoms. The van der Waals surface area contributed by atoms with E-state index in [9.17, 15) is 4.79 Å². The van der Waals surface area contributed by atoms with Crippen molar-refractivity contribution in [3.63, 3.8) is 0 Å². The van der Waals surface area contributed by atoms with Gasteiger partial charge in [0.05, 0.1) is 19.1 Å². The highest BCUT2D eigenvalue weighted by atomic mass is 16.5. The van der Waals surface area contributed by atoms with E-state index in [1.54, 1.807) is 0 Å².